The molecule has 0 spiro atoms. The van der Waals surface area contributed by atoms with Gasteiger partial charge in [-0.15, -0.1) is 7.92 Å². The zero-order chi connectivity index (χ0) is 32.2. The van der Waals surface area contributed by atoms with E-state index in [9.17, 15) is 0 Å². The van der Waals surface area contributed by atoms with Crippen molar-refractivity contribution in [3.8, 4) is 0 Å². The first-order chi connectivity index (χ1) is 23.2. The van der Waals surface area contributed by atoms with Gasteiger partial charge in [-0.3, -0.25) is 0 Å². The van der Waals surface area contributed by atoms with Crippen LogP contribution in [0, 0.1) is 0 Å². The number of hydrogen-bond acceptors (Lipinski definition) is 1. The summed E-state index contributed by atoms with van der Waals surface area (Å²) in [5, 5.41) is 7.73. The predicted octanol–water partition coefficient (Wildman–Crippen LogP) is 8.75. The third-order valence-corrected chi connectivity index (χ3v) is 20.4. The lowest BCUT2D eigenvalue weighted by molar-refractivity contribution is 0.588. The molecule has 6 rings (SSSR count). The minimum atomic E-state index is -2.78. The van der Waals surface area contributed by atoms with Crippen molar-refractivity contribution in [1.82, 2.24) is 0 Å². The summed E-state index contributed by atoms with van der Waals surface area (Å²) in [6.45, 7) is 0. The van der Waals surface area contributed by atoms with Crippen LogP contribution < -0.4 is 31.8 Å². The third-order valence-electron chi connectivity index (χ3n) is 8.63. The minimum absolute atomic E-state index is 0.372. The minimum Gasteiger partial charge on any atom is -0.314 e. The van der Waals surface area contributed by atoms with E-state index in [2.05, 4.69) is 146 Å². The zero-order valence-electron chi connectivity index (χ0n) is 26.8. The molecular formula is C42H42OP4. The van der Waals surface area contributed by atoms with Gasteiger partial charge < -0.3 is 4.57 Å². The molecule has 1 nitrogen and oxygen atoms in total. The normalized spacial score (nSPS) is 11.7. The summed E-state index contributed by atoms with van der Waals surface area (Å²) in [6, 6.07) is 64.9. The Balaban J connectivity index is 1.30. The molecule has 0 N–H and O–H groups in total. The molecule has 0 fully saturated rings. The van der Waals surface area contributed by atoms with Crippen LogP contribution in [0.3, 0.4) is 0 Å². The quantitative estimate of drug-likeness (QED) is 0.0988. The van der Waals surface area contributed by atoms with Crippen LogP contribution in [0.1, 0.15) is 0 Å². The van der Waals surface area contributed by atoms with E-state index in [-0.39, 0.29) is 7.92 Å². The lowest BCUT2D eigenvalue weighted by Crippen LogP contribution is -2.21. The second-order valence-corrected chi connectivity index (χ2v) is 21.9. The smallest absolute Gasteiger partial charge is 0.143 e. The SMILES string of the molecule is O=P(CCP(CCP(c1ccccc1)c1ccccc1)CCP(c1ccccc1)c1ccccc1)(c1ccccc1)c1ccccc1. The molecule has 0 aliphatic carbocycles. The predicted molar refractivity (Wildman–Crippen MR) is 214 cm³/mol. The fourth-order valence-corrected chi connectivity index (χ4v) is 18.8. The number of rotatable bonds is 15. The van der Waals surface area contributed by atoms with Crippen molar-refractivity contribution in [2.75, 3.05) is 37.0 Å². The van der Waals surface area contributed by atoms with E-state index >= 15 is 4.57 Å². The highest BCUT2D eigenvalue weighted by Crippen LogP contribution is 2.50. The average Bonchev–Trinajstić information content (AvgIpc) is 3.16. The summed E-state index contributed by atoms with van der Waals surface area (Å²) in [5.41, 5.74) is 0. The van der Waals surface area contributed by atoms with Crippen molar-refractivity contribution in [1.29, 1.82) is 0 Å². The van der Waals surface area contributed by atoms with Gasteiger partial charge in [0.05, 0.1) is 0 Å². The van der Waals surface area contributed by atoms with E-state index in [0.29, 0.717) is 0 Å². The first-order valence-electron chi connectivity index (χ1n) is 16.4. The fraction of sp³-hybridized carbons (Fsp3) is 0.143. The summed E-state index contributed by atoms with van der Waals surface area (Å²) in [5.74, 6) is 0. The lowest BCUT2D eigenvalue weighted by atomic mass is 10.4. The fourth-order valence-electron chi connectivity index (χ4n) is 6.09. The van der Waals surface area contributed by atoms with Crippen LogP contribution in [0.15, 0.2) is 182 Å². The molecule has 0 heterocycles. The van der Waals surface area contributed by atoms with Crippen LogP contribution >= 0.6 is 30.9 Å². The van der Waals surface area contributed by atoms with Crippen molar-refractivity contribution in [3.63, 3.8) is 0 Å². The summed E-state index contributed by atoms with van der Waals surface area (Å²) in [6.07, 6.45) is 6.41. The van der Waals surface area contributed by atoms with Gasteiger partial charge in [-0.1, -0.05) is 182 Å². The Bertz CT molecular complexity index is 1590. The summed E-state index contributed by atoms with van der Waals surface area (Å²) < 4.78 is 15.1. The van der Waals surface area contributed by atoms with Gasteiger partial charge in [-0.05, 0) is 67.9 Å². The third kappa shape index (κ3) is 9.05. The zero-order valence-corrected chi connectivity index (χ0v) is 30.3. The highest BCUT2D eigenvalue weighted by molar-refractivity contribution is 7.79. The second kappa shape index (κ2) is 17.3. The maximum absolute atomic E-state index is 15.1. The number of hydrogen-bond donors (Lipinski definition) is 0. The molecule has 0 saturated heterocycles. The van der Waals surface area contributed by atoms with Gasteiger partial charge in [0.2, 0.25) is 0 Å². The Kier molecular flexibility index (Phi) is 12.4. The molecule has 6 aromatic carbocycles. The van der Waals surface area contributed by atoms with Crippen LogP contribution in [-0.2, 0) is 4.57 Å². The van der Waals surface area contributed by atoms with Crippen molar-refractivity contribution in [2.45, 2.75) is 0 Å². The summed E-state index contributed by atoms with van der Waals surface area (Å²) in [4.78, 5) is 0. The van der Waals surface area contributed by atoms with Gasteiger partial charge in [0, 0.05) is 16.8 Å². The standard InChI is InChI=1S/C42H42OP4/c43-47(41-27-15-5-16-28-41,42-29-17-6-18-30-42)36-35-44(31-33-45(37-19-7-1-8-20-37)38-21-9-2-10-22-38)32-34-46(39-23-11-3-12-24-39)40-25-13-4-14-26-40/h1-30H,31-36H2. The van der Waals surface area contributed by atoms with Gasteiger partial charge in [0.25, 0.3) is 0 Å². The highest BCUT2D eigenvalue weighted by Gasteiger charge is 2.29. The molecule has 0 bridgehead atoms. The summed E-state index contributed by atoms with van der Waals surface area (Å²) in [7, 11) is -4.09. The Labute approximate surface area is 285 Å². The van der Waals surface area contributed by atoms with Gasteiger partial charge in [-0.2, -0.15) is 0 Å². The monoisotopic (exact) mass is 686 g/mol. The maximum atomic E-state index is 15.1. The van der Waals surface area contributed by atoms with Gasteiger partial charge in [0.15, 0.2) is 0 Å². The van der Waals surface area contributed by atoms with Crippen LogP contribution in [-0.4, -0.2) is 37.0 Å². The molecule has 0 atom stereocenters. The van der Waals surface area contributed by atoms with E-state index in [1.165, 1.54) is 33.5 Å². The molecule has 0 aromatic heterocycles. The maximum Gasteiger partial charge on any atom is 0.143 e. The van der Waals surface area contributed by atoms with Crippen LogP contribution in [0.25, 0.3) is 0 Å². The average molecular weight is 687 g/mol. The van der Waals surface area contributed by atoms with Crippen molar-refractivity contribution < 1.29 is 4.57 Å². The second-order valence-electron chi connectivity index (χ2n) is 11.6. The Morgan fingerprint density at radius 1 is 0.340 bits per heavy atom. The largest absolute Gasteiger partial charge is 0.314 e. The Hall–Kier alpha value is -3.16. The van der Waals surface area contributed by atoms with E-state index in [4.69, 9.17) is 0 Å². The molecule has 0 amide bonds. The van der Waals surface area contributed by atoms with E-state index in [1.807, 2.05) is 36.4 Å². The summed E-state index contributed by atoms with van der Waals surface area (Å²) >= 11 is 0. The highest BCUT2D eigenvalue weighted by atomic mass is 31.2. The first-order valence-corrected chi connectivity index (χ1v) is 23.2. The van der Waals surface area contributed by atoms with E-state index in [0.717, 1.165) is 35.3 Å². The number of benzene rings is 6. The van der Waals surface area contributed by atoms with Crippen molar-refractivity contribution >= 4 is 62.7 Å². The molecule has 0 unspecified atom stereocenters. The van der Waals surface area contributed by atoms with Crippen molar-refractivity contribution in [2.24, 2.45) is 0 Å². The first kappa shape index (κ1) is 33.7. The molecule has 0 radical (unpaired) electrons. The molecular weight excluding hydrogens is 644 g/mol. The van der Waals surface area contributed by atoms with E-state index < -0.39 is 23.0 Å². The van der Waals surface area contributed by atoms with E-state index in [1.54, 1.807) is 0 Å². The molecule has 47 heavy (non-hydrogen) atoms. The Morgan fingerprint density at radius 3 is 0.915 bits per heavy atom. The van der Waals surface area contributed by atoms with Crippen LogP contribution in [0.5, 0.6) is 0 Å². The van der Waals surface area contributed by atoms with Gasteiger partial charge in [-0.25, -0.2) is 0 Å². The molecule has 0 aliphatic heterocycles. The van der Waals surface area contributed by atoms with Crippen LogP contribution in [0.2, 0.25) is 0 Å². The van der Waals surface area contributed by atoms with Crippen LogP contribution in [0.4, 0.5) is 0 Å². The molecule has 0 aliphatic rings. The Morgan fingerprint density at radius 2 is 0.617 bits per heavy atom. The molecule has 236 valence electrons. The lowest BCUT2D eigenvalue weighted by Gasteiger charge is -2.27. The topological polar surface area (TPSA) is 17.1 Å². The molecule has 6 aromatic rings. The van der Waals surface area contributed by atoms with Gasteiger partial charge in [0.1, 0.15) is 7.14 Å². The van der Waals surface area contributed by atoms with Gasteiger partial charge >= 0.3 is 0 Å². The molecule has 0 saturated carbocycles. The molecule has 5 heteroatoms. The van der Waals surface area contributed by atoms with Crippen molar-refractivity contribution in [3.05, 3.63) is 182 Å².